The molecular weight excluding hydrogens is 372 g/mol. The van der Waals surface area contributed by atoms with Crippen molar-refractivity contribution in [2.75, 3.05) is 19.6 Å². The summed E-state index contributed by atoms with van der Waals surface area (Å²) in [5, 5.41) is 3.46. The van der Waals surface area contributed by atoms with Gasteiger partial charge in [0.25, 0.3) is 0 Å². The van der Waals surface area contributed by atoms with Crippen LogP contribution in [0.5, 0.6) is 11.5 Å². The minimum Gasteiger partial charge on any atom is -0.489 e. The van der Waals surface area contributed by atoms with Crippen LogP contribution in [-0.4, -0.2) is 30.6 Å². The molecule has 1 aliphatic heterocycles. The van der Waals surface area contributed by atoms with E-state index in [-0.39, 0.29) is 0 Å². The summed E-state index contributed by atoms with van der Waals surface area (Å²) in [4.78, 5) is 2.51. The van der Waals surface area contributed by atoms with Crippen LogP contribution in [0.25, 0.3) is 0 Å². The van der Waals surface area contributed by atoms with Crippen LogP contribution >= 0.6 is 0 Å². The molecule has 4 heteroatoms. The van der Waals surface area contributed by atoms with E-state index in [1.54, 1.807) is 0 Å². The third-order valence-electron chi connectivity index (χ3n) is 5.46. The Morgan fingerprint density at radius 2 is 1.37 bits per heavy atom. The molecule has 1 atom stereocenters. The van der Waals surface area contributed by atoms with Gasteiger partial charge in [0, 0.05) is 38.3 Å². The van der Waals surface area contributed by atoms with Gasteiger partial charge in [-0.25, -0.2) is 0 Å². The van der Waals surface area contributed by atoms with Gasteiger partial charge in [-0.05, 0) is 35.7 Å². The first-order valence-corrected chi connectivity index (χ1v) is 10.7. The lowest BCUT2D eigenvalue weighted by atomic mass is 10.1. The van der Waals surface area contributed by atoms with E-state index >= 15 is 0 Å². The second kappa shape index (κ2) is 10.3. The highest BCUT2D eigenvalue weighted by Gasteiger charge is 2.18. The van der Waals surface area contributed by atoms with E-state index < -0.39 is 0 Å². The van der Waals surface area contributed by atoms with E-state index in [4.69, 9.17) is 9.47 Å². The Kier molecular flexibility index (Phi) is 7.01. The van der Waals surface area contributed by atoms with Crippen molar-refractivity contribution in [2.45, 2.75) is 32.7 Å². The second-order valence-electron chi connectivity index (χ2n) is 7.88. The van der Waals surface area contributed by atoms with Crippen LogP contribution in [0, 0.1) is 0 Å². The highest BCUT2D eigenvalue weighted by atomic mass is 16.5. The van der Waals surface area contributed by atoms with Gasteiger partial charge in [0.05, 0.1) is 0 Å². The molecule has 1 heterocycles. The molecule has 3 aromatic carbocycles. The van der Waals surface area contributed by atoms with Crippen molar-refractivity contribution < 1.29 is 9.47 Å². The molecule has 0 spiro atoms. The van der Waals surface area contributed by atoms with Gasteiger partial charge < -0.3 is 14.8 Å². The molecule has 0 bridgehead atoms. The van der Waals surface area contributed by atoms with Gasteiger partial charge in [-0.15, -0.1) is 0 Å². The smallest absolute Gasteiger partial charge is 0.123 e. The summed E-state index contributed by atoms with van der Waals surface area (Å²) in [5.74, 6) is 1.70. The lowest BCUT2D eigenvalue weighted by Gasteiger charge is -2.34. The number of rotatable bonds is 8. The molecule has 1 N–H and O–H groups in total. The van der Waals surface area contributed by atoms with Gasteiger partial charge in [-0.2, -0.15) is 0 Å². The van der Waals surface area contributed by atoms with Crippen molar-refractivity contribution in [3.63, 3.8) is 0 Å². The van der Waals surface area contributed by atoms with Gasteiger partial charge in [0.15, 0.2) is 0 Å². The van der Waals surface area contributed by atoms with E-state index in [9.17, 15) is 0 Å². The minimum absolute atomic E-state index is 0.515. The number of nitrogens with zero attached hydrogens (tertiary/aromatic N) is 1. The maximum atomic E-state index is 6.13. The monoisotopic (exact) mass is 402 g/mol. The highest BCUT2D eigenvalue weighted by Crippen LogP contribution is 2.26. The van der Waals surface area contributed by atoms with E-state index in [0.717, 1.165) is 48.8 Å². The number of piperazine rings is 1. The quantitative estimate of drug-likeness (QED) is 0.595. The predicted octanol–water partition coefficient (Wildman–Crippen LogP) is 4.64. The van der Waals surface area contributed by atoms with Crippen LogP contribution in [-0.2, 0) is 19.8 Å². The summed E-state index contributed by atoms with van der Waals surface area (Å²) in [6, 6.07) is 27.3. The van der Waals surface area contributed by atoms with Crippen LogP contribution in [0.3, 0.4) is 0 Å². The third kappa shape index (κ3) is 5.85. The van der Waals surface area contributed by atoms with Crippen LogP contribution in [0.4, 0.5) is 0 Å². The Balaban J connectivity index is 1.49. The molecule has 0 radical (unpaired) electrons. The topological polar surface area (TPSA) is 33.7 Å². The van der Waals surface area contributed by atoms with Crippen LogP contribution in [0.1, 0.15) is 23.6 Å². The van der Waals surface area contributed by atoms with Crippen molar-refractivity contribution in [3.05, 3.63) is 95.6 Å². The molecule has 0 aromatic heterocycles. The summed E-state index contributed by atoms with van der Waals surface area (Å²) in [6.07, 6.45) is 0. The fourth-order valence-electron chi connectivity index (χ4n) is 3.72. The number of ether oxygens (including phenoxy) is 2. The third-order valence-corrected chi connectivity index (χ3v) is 5.46. The summed E-state index contributed by atoms with van der Waals surface area (Å²) in [7, 11) is 0. The lowest BCUT2D eigenvalue weighted by molar-refractivity contribution is 0.165. The number of hydrogen-bond acceptors (Lipinski definition) is 4. The van der Waals surface area contributed by atoms with E-state index in [2.05, 4.69) is 53.5 Å². The molecule has 156 valence electrons. The van der Waals surface area contributed by atoms with Crippen molar-refractivity contribution in [1.82, 2.24) is 10.2 Å². The standard InChI is InChI=1S/C26H30N2O2/c1-21-17-27-12-13-28(21)18-24-14-25(29-19-22-8-4-2-5-9-22)16-26(15-24)30-20-23-10-6-3-7-11-23/h2-11,14-16,21,27H,12-13,17-20H2,1H3/t21-/m0/s1. The highest BCUT2D eigenvalue weighted by molar-refractivity contribution is 5.39. The minimum atomic E-state index is 0.515. The molecule has 0 saturated carbocycles. The molecule has 1 fully saturated rings. The van der Waals surface area contributed by atoms with Crippen molar-refractivity contribution >= 4 is 0 Å². The molecule has 4 rings (SSSR count). The van der Waals surface area contributed by atoms with Crippen molar-refractivity contribution in [2.24, 2.45) is 0 Å². The SMILES string of the molecule is C[C@H]1CNCCN1Cc1cc(OCc2ccccc2)cc(OCc2ccccc2)c1. The number of nitrogens with one attached hydrogen (secondary N) is 1. The first-order chi connectivity index (χ1) is 14.8. The van der Waals surface area contributed by atoms with Gasteiger partial charge in [-0.3, -0.25) is 4.90 Å². The summed E-state index contributed by atoms with van der Waals surface area (Å²) in [5.41, 5.74) is 3.54. The molecule has 1 aliphatic rings. The lowest BCUT2D eigenvalue weighted by Crippen LogP contribution is -2.49. The number of benzene rings is 3. The van der Waals surface area contributed by atoms with E-state index in [1.165, 1.54) is 5.56 Å². The summed E-state index contributed by atoms with van der Waals surface area (Å²) < 4.78 is 12.3. The Bertz CT molecular complexity index is 853. The van der Waals surface area contributed by atoms with Crippen LogP contribution in [0.2, 0.25) is 0 Å². The van der Waals surface area contributed by atoms with Gasteiger partial charge in [0.1, 0.15) is 24.7 Å². The van der Waals surface area contributed by atoms with Gasteiger partial charge in [-0.1, -0.05) is 60.7 Å². The average Bonchev–Trinajstić information content (AvgIpc) is 2.79. The first kappa shape index (κ1) is 20.5. The van der Waals surface area contributed by atoms with Crippen molar-refractivity contribution in [3.8, 4) is 11.5 Å². The zero-order valence-electron chi connectivity index (χ0n) is 17.6. The molecule has 3 aromatic rings. The van der Waals surface area contributed by atoms with Gasteiger partial charge in [0.2, 0.25) is 0 Å². The largest absolute Gasteiger partial charge is 0.489 e. The molecule has 1 saturated heterocycles. The maximum Gasteiger partial charge on any atom is 0.123 e. The summed E-state index contributed by atoms with van der Waals surface area (Å²) in [6.45, 7) is 7.38. The van der Waals surface area contributed by atoms with E-state index in [1.807, 2.05) is 42.5 Å². The molecule has 0 unspecified atom stereocenters. The van der Waals surface area contributed by atoms with E-state index in [0.29, 0.717) is 19.3 Å². The second-order valence-corrected chi connectivity index (χ2v) is 7.88. The van der Waals surface area contributed by atoms with Crippen molar-refractivity contribution in [1.29, 1.82) is 0 Å². The van der Waals surface area contributed by atoms with Crippen LogP contribution in [0.15, 0.2) is 78.9 Å². The number of hydrogen-bond donors (Lipinski definition) is 1. The molecular formula is C26H30N2O2. The first-order valence-electron chi connectivity index (χ1n) is 10.7. The summed E-state index contributed by atoms with van der Waals surface area (Å²) >= 11 is 0. The Morgan fingerprint density at radius 3 is 1.90 bits per heavy atom. The van der Waals surface area contributed by atoms with Gasteiger partial charge >= 0.3 is 0 Å². The van der Waals surface area contributed by atoms with Crippen LogP contribution < -0.4 is 14.8 Å². The predicted molar refractivity (Wildman–Crippen MR) is 121 cm³/mol. The normalized spacial score (nSPS) is 16.9. The molecule has 0 aliphatic carbocycles. The molecule has 0 amide bonds. The Labute approximate surface area is 179 Å². The molecule has 4 nitrogen and oxygen atoms in total. The maximum absolute atomic E-state index is 6.13. The fourth-order valence-corrected chi connectivity index (χ4v) is 3.72. The zero-order chi connectivity index (χ0) is 20.6. The zero-order valence-corrected chi connectivity index (χ0v) is 17.6. The molecule has 30 heavy (non-hydrogen) atoms. The average molecular weight is 403 g/mol. The fraction of sp³-hybridized carbons (Fsp3) is 0.308. The Morgan fingerprint density at radius 1 is 0.800 bits per heavy atom. The Hall–Kier alpha value is -2.82.